The fourth-order valence-electron chi connectivity index (χ4n) is 2.80. The lowest BCUT2D eigenvalue weighted by atomic mass is 9.93. The molecule has 2 N–H and O–H groups in total. The van der Waals surface area contributed by atoms with Crippen LogP contribution in [0.1, 0.15) is 35.8 Å². The van der Waals surface area contributed by atoms with Gasteiger partial charge in [-0.05, 0) is 25.3 Å². The van der Waals surface area contributed by atoms with Crippen molar-refractivity contribution in [3.05, 3.63) is 35.4 Å². The zero-order valence-corrected chi connectivity index (χ0v) is 12.2. The maximum Gasteiger partial charge on any atom is 0.433 e. The summed E-state index contributed by atoms with van der Waals surface area (Å²) < 4.78 is 39.9. The van der Waals surface area contributed by atoms with Crippen molar-refractivity contribution >= 4 is 5.95 Å². The number of halogens is 3. The van der Waals surface area contributed by atoms with Crippen molar-refractivity contribution in [2.24, 2.45) is 0 Å². The van der Waals surface area contributed by atoms with Gasteiger partial charge in [0.15, 0.2) is 0 Å². The summed E-state index contributed by atoms with van der Waals surface area (Å²) in [6.45, 7) is 0.394. The minimum absolute atomic E-state index is 0.0110. The molecule has 0 aromatic carbocycles. The Kier molecular flexibility index (Phi) is 4.20. The van der Waals surface area contributed by atoms with E-state index < -0.39 is 11.9 Å². The van der Waals surface area contributed by atoms with E-state index in [4.69, 9.17) is 5.11 Å². The summed E-state index contributed by atoms with van der Waals surface area (Å²) in [6.07, 6.45) is 0.755. The van der Waals surface area contributed by atoms with E-state index in [1.165, 1.54) is 0 Å². The first-order valence-corrected chi connectivity index (χ1v) is 7.31. The number of hydrogen-bond donors (Lipinski definition) is 2. The van der Waals surface area contributed by atoms with Crippen LogP contribution in [-0.2, 0) is 19.1 Å². The summed E-state index contributed by atoms with van der Waals surface area (Å²) in [7, 11) is 0. The summed E-state index contributed by atoms with van der Waals surface area (Å²) in [5.41, 5.74) is 0.947. The highest BCUT2D eigenvalue weighted by Crippen LogP contribution is 2.32. The molecule has 23 heavy (non-hydrogen) atoms. The molecule has 0 unspecified atom stereocenters. The van der Waals surface area contributed by atoms with Gasteiger partial charge in [0.05, 0.1) is 25.4 Å². The number of aliphatic hydroxyl groups is 1. The van der Waals surface area contributed by atoms with Crippen LogP contribution in [0.25, 0.3) is 0 Å². The molecule has 0 saturated carbocycles. The fourth-order valence-corrected chi connectivity index (χ4v) is 2.80. The Labute approximate surface area is 130 Å². The van der Waals surface area contributed by atoms with Gasteiger partial charge >= 0.3 is 6.18 Å². The molecular weight excluding hydrogens is 311 g/mol. The van der Waals surface area contributed by atoms with Crippen LogP contribution in [0.4, 0.5) is 19.1 Å². The van der Waals surface area contributed by atoms with Crippen LogP contribution < -0.4 is 5.32 Å². The smallest absolute Gasteiger partial charge is 0.394 e. The molecule has 1 aliphatic rings. The molecular formula is C14H16F3N5O. The van der Waals surface area contributed by atoms with E-state index in [0.717, 1.165) is 42.8 Å². The molecule has 3 rings (SSSR count). The number of anilines is 1. The maximum absolute atomic E-state index is 12.7. The molecule has 2 aromatic rings. The van der Waals surface area contributed by atoms with E-state index in [1.54, 1.807) is 10.9 Å². The second-order valence-corrected chi connectivity index (χ2v) is 5.35. The van der Waals surface area contributed by atoms with Gasteiger partial charge in [0.2, 0.25) is 5.95 Å². The average molecular weight is 327 g/mol. The van der Waals surface area contributed by atoms with Crippen LogP contribution in [0, 0.1) is 0 Å². The zero-order valence-electron chi connectivity index (χ0n) is 12.2. The van der Waals surface area contributed by atoms with Crippen molar-refractivity contribution in [1.82, 2.24) is 19.7 Å². The van der Waals surface area contributed by atoms with Crippen LogP contribution in [0.5, 0.6) is 0 Å². The molecule has 2 heterocycles. The summed E-state index contributed by atoms with van der Waals surface area (Å²) >= 11 is 0. The summed E-state index contributed by atoms with van der Waals surface area (Å²) in [6, 6.07) is 0.659. The number of rotatable bonds is 4. The molecule has 124 valence electrons. The quantitative estimate of drug-likeness (QED) is 0.900. The van der Waals surface area contributed by atoms with Crippen LogP contribution in [0.2, 0.25) is 0 Å². The Morgan fingerprint density at radius 3 is 2.96 bits per heavy atom. The van der Waals surface area contributed by atoms with Crippen LogP contribution in [0.3, 0.4) is 0 Å². The van der Waals surface area contributed by atoms with Gasteiger partial charge < -0.3 is 10.4 Å². The Balaban J connectivity index is 1.83. The Hall–Kier alpha value is -2.16. The third-order valence-corrected chi connectivity index (χ3v) is 3.82. The highest BCUT2D eigenvalue weighted by atomic mass is 19.4. The van der Waals surface area contributed by atoms with E-state index in [0.29, 0.717) is 6.54 Å². The summed E-state index contributed by atoms with van der Waals surface area (Å²) in [5, 5.41) is 16.2. The SMILES string of the molecule is OCCn1ncc2c1CCC[C@H]2Nc1nccc(C(F)(F)F)n1. The van der Waals surface area contributed by atoms with E-state index in [1.807, 2.05) is 0 Å². The van der Waals surface area contributed by atoms with E-state index in [9.17, 15) is 13.2 Å². The molecule has 0 radical (unpaired) electrons. The van der Waals surface area contributed by atoms with Gasteiger partial charge in [-0.2, -0.15) is 18.3 Å². The number of aliphatic hydroxyl groups excluding tert-OH is 1. The van der Waals surface area contributed by atoms with Crippen molar-refractivity contribution in [3.8, 4) is 0 Å². The zero-order chi connectivity index (χ0) is 16.4. The number of nitrogens with one attached hydrogen (secondary N) is 1. The molecule has 0 fully saturated rings. The lowest BCUT2D eigenvalue weighted by Crippen LogP contribution is -2.20. The van der Waals surface area contributed by atoms with Gasteiger partial charge in [-0.15, -0.1) is 0 Å². The second kappa shape index (κ2) is 6.15. The Bertz CT molecular complexity index is 685. The van der Waals surface area contributed by atoms with Crippen LogP contribution >= 0.6 is 0 Å². The molecule has 2 aromatic heterocycles. The van der Waals surface area contributed by atoms with Crippen molar-refractivity contribution in [3.63, 3.8) is 0 Å². The number of alkyl halides is 3. The highest BCUT2D eigenvalue weighted by molar-refractivity contribution is 5.35. The van der Waals surface area contributed by atoms with Crippen LogP contribution in [-0.4, -0.2) is 31.5 Å². The minimum atomic E-state index is -4.50. The first-order valence-electron chi connectivity index (χ1n) is 7.31. The lowest BCUT2D eigenvalue weighted by molar-refractivity contribution is -0.141. The van der Waals surface area contributed by atoms with Gasteiger partial charge in [0.1, 0.15) is 5.69 Å². The highest BCUT2D eigenvalue weighted by Gasteiger charge is 2.33. The molecule has 0 bridgehead atoms. The van der Waals surface area contributed by atoms with Gasteiger partial charge in [-0.25, -0.2) is 9.97 Å². The van der Waals surface area contributed by atoms with Crippen LogP contribution in [0.15, 0.2) is 18.5 Å². The number of fused-ring (bicyclic) bond motifs is 1. The van der Waals surface area contributed by atoms with Crippen molar-refractivity contribution in [2.45, 2.75) is 38.0 Å². The van der Waals surface area contributed by atoms with Gasteiger partial charge in [-0.1, -0.05) is 0 Å². The monoisotopic (exact) mass is 327 g/mol. The first-order chi connectivity index (χ1) is 11.0. The molecule has 0 aliphatic heterocycles. The van der Waals surface area contributed by atoms with E-state index in [-0.39, 0.29) is 18.6 Å². The predicted molar refractivity (Wildman–Crippen MR) is 75.6 cm³/mol. The largest absolute Gasteiger partial charge is 0.433 e. The fraction of sp³-hybridized carbons (Fsp3) is 0.500. The Morgan fingerprint density at radius 1 is 1.39 bits per heavy atom. The van der Waals surface area contributed by atoms with E-state index in [2.05, 4.69) is 20.4 Å². The van der Waals surface area contributed by atoms with Crippen molar-refractivity contribution in [2.75, 3.05) is 11.9 Å². The molecule has 9 heteroatoms. The lowest BCUT2D eigenvalue weighted by Gasteiger charge is -2.24. The Morgan fingerprint density at radius 2 is 2.22 bits per heavy atom. The third-order valence-electron chi connectivity index (χ3n) is 3.82. The molecule has 1 atom stereocenters. The standard InChI is InChI=1S/C14H16F3N5O/c15-14(16,17)12-4-5-18-13(21-12)20-10-2-1-3-11-9(10)8-19-22(11)6-7-23/h4-5,8,10,23H,1-3,6-7H2,(H,18,20,21)/t10-/m1/s1. The van der Waals surface area contributed by atoms with E-state index >= 15 is 0 Å². The normalized spacial score (nSPS) is 17.8. The third kappa shape index (κ3) is 3.29. The first kappa shape index (κ1) is 15.7. The number of hydrogen-bond acceptors (Lipinski definition) is 5. The molecule has 0 spiro atoms. The van der Waals surface area contributed by atoms with Gasteiger partial charge in [0, 0.05) is 17.5 Å². The summed E-state index contributed by atoms with van der Waals surface area (Å²) in [5.74, 6) is -0.0485. The number of nitrogens with zero attached hydrogens (tertiary/aromatic N) is 4. The predicted octanol–water partition coefficient (Wildman–Crippen LogP) is 2.17. The van der Waals surface area contributed by atoms with Crippen molar-refractivity contribution in [1.29, 1.82) is 0 Å². The van der Waals surface area contributed by atoms with Gasteiger partial charge in [-0.3, -0.25) is 4.68 Å². The van der Waals surface area contributed by atoms with Gasteiger partial charge in [0.25, 0.3) is 0 Å². The summed E-state index contributed by atoms with van der Waals surface area (Å²) in [4.78, 5) is 7.41. The topological polar surface area (TPSA) is 75.9 Å². The minimum Gasteiger partial charge on any atom is -0.394 e. The molecule has 6 nitrogen and oxygen atoms in total. The molecule has 0 amide bonds. The molecule has 0 saturated heterocycles. The number of aromatic nitrogens is 4. The average Bonchev–Trinajstić information content (AvgIpc) is 2.92. The van der Waals surface area contributed by atoms with Crippen molar-refractivity contribution < 1.29 is 18.3 Å². The second-order valence-electron chi connectivity index (χ2n) is 5.35. The molecule has 1 aliphatic carbocycles. The maximum atomic E-state index is 12.7.